The Morgan fingerprint density at radius 3 is 2.76 bits per heavy atom. The fraction of sp³-hybridized carbons (Fsp3) is 0.211. The molecule has 3 heterocycles. The number of nitrogens with zero attached hydrogens (tertiary/aromatic N) is 5. The molecule has 9 nitrogen and oxygen atoms in total. The molecule has 4 rings (SSSR count). The van der Waals surface area contributed by atoms with Gasteiger partial charge in [-0.05, 0) is 32.0 Å². The molecule has 0 saturated carbocycles. The van der Waals surface area contributed by atoms with Crippen molar-refractivity contribution in [1.82, 2.24) is 29.3 Å². The number of aromatic nitrogens is 6. The van der Waals surface area contributed by atoms with Crippen LogP contribution in [0.15, 0.2) is 52.3 Å². The Balaban J connectivity index is 1.67. The lowest BCUT2D eigenvalue weighted by Crippen LogP contribution is -2.34. The number of aryl methyl sites for hydroxylation is 1. The zero-order valence-corrected chi connectivity index (χ0v) is 15.8. The zero-order valence-electron chi connectivity index (χ0n) is 15.8. The molecule has 0 aliphatic carbocycles. The molecular formula is C19H18FN7O2. The van der Waals surface area contributed by atoms with Gasteiger partial charge in [-0.25, -0.2) is 18.7 Å². The van der Waals surface area contributed by atoms with Crippen molar-refractivity contribution in [2.45, 2.75) is 26.4 Å². The first kappa shape index (κ1) is 18.5. The van der Waals surface area contributed by atoms with Gasteiger partial charge < -0.3 is 5.32 Å². The number of benzene rings is 1. The largest absolute Gasteiger partial charge is 0.350 e. The quantitative estimate of drug-likeness (QED) is 0.531. The van der Waals surface area contributed by atoms with Gasteiger partial charge in [0.1, 0.15) is 11.2 Å². The maximum atomic E-state index is 14.1. The highest BCUT2D eigenvalue weighted by Crippen LogP contribution is 2.11. The number of anilines is 1. The topological polar surface area (TPSA) is 110 Å². The molecule has 3 aromatic heterocycles. The van der Waals surface area contributed by atoms with Gasteiger partial charge >= 0.3 is 5.69 Å². The number of hydrogen-bond acceptors (Lipinski definition) is 6. The Kier molecular flexibility index (Phi) is 4.67. The summed E-state index contributed by atoms with van der Waals surface area (Å²) in [6.45, 7) is 4.43. The summed E-state index contributed by atoms with van der Waals surface area (Å²) in [5.74, 6) is -0.422. The molecule has 1 aromatic carbocycles. The highest BCUT2D eigenvalue weighted by Gasteiger charge is 2.15. The van der Waals surface area contributed by atoms with E-state index in [0.717, 1.165) is 10.3 Å². The Hall–Kier alpha value is -3.82. The number of hydrogen-bond donors (Lipinski definition) is 2. The first-order valence-corrected chi connectivity index (χ1v) is 8.96. The van der Waals surface area contributed by atoms with Gasteiger partial charge in [0.15, 0.2) is 5.65 Å². The van der Waals surface area contributed by atoms with E-state index in [1.54, 1.807) is 10.7 Å². The second-order valence-electron chi connectivity index (χ2n) is 6.70. The molecule has 1 atom stereocenters. The second-order valence-corrected chi connectivity index (χ2v) is 6.70. The van der Waals surface area contributed by atoms with E-state index in [1.165, 1.54) is 24.4 Å². The number of rotatable bonds is 5. The highest BCUT2D eigenvalue weighted by molar-refractivity contribution is 5.73. The van der Waals surface area contributed by atoms with E-state index >= 15 is 0 Å². The molecule has 10 heteroatoms. The average Bonchev–Trinajstić information content (AvgIpc) is 3.07. The van der Waals surface area contributed by atoms with E-state index in [-0.39, 0.29) is 28.7 Å². The number of aromatic amines is 1. The smallest absolute Gasteiger partial charge is 0.334 e. The first-order valence-electron chi connectivity index (χ1n) is 8.96. The third-order valence-corrected chi connectivity index (χ3v) is 4.35. The van der Waals surface area contributed by atoms with E-state index in [0.29, 0.717) is 6.54 Å². The van der Waals surface area contributed by atoms with Crippen LogP contribution in [0.5, 0.6) is 0 Å². The number of H-pyrrole nitrogens is 1. The lowest BCUT2D eigenvalue weighted by Gasteiger charge is -2.14. The van der Waals surface area contributed by atoms with Crippen molar-refractivity contribution in [3.8, 4) is 5.69 Å². The van der Waals surface area contributed by atoms with Gasteiger partial charge in [0, 0.05) is 18.4 Å². The summed E-state index contributed by atoms with van der Waals surface area (Å²) in [4.78, 5) is 36.1. The summed E-state index contributed by atoms with van der Waals surface area (Å²) >= 11 is 0. The van der Waals surface area contributed by atoms with Crippen molar-refractivity contribution >= 4 is 17.0 Å². The SMILES string of the molecule is Cc1ccn(C[C@@H](C)Nc2ncc3c(=O)n(-c4ccccc4F)c(=O)[nH]c3n2)n1. The number of fused-ring (bicyclic) bond motifs is 1. The van der Waals surface area contributed by atoms with Crippen LogP contribution in [0.3, 0.4) is 0 Å². The Labute approximate surface area is 163 Å². The summed E-state index contributed by atoms with van der Waals surface area (Å²) in [6, 6.07) is 7.40. The van der Waals surface area contributed by atoms with Gasteiger partial charge in [0.05, 0.1) is 17.9 Å². The summed E-state index contributed by atoms with van der Waals surface area (Å²) in [5.41, 5.74) is -0.612. The number of para-hydroxylation sites is 1. The minimum atomic E-state index is -0.780. The molecule has 148 valence electrons. The Bertz CT molecular complexity index is 1310. The van der Waals surface area contributed by atoms with E-state index in [2.05, 4.69) is 25.4 Å². The van der Waals surface area contributed by atoms with Crippen LogP contribution in [0.1, 0.15) is 12.6 Å². The summed E-state index contributed by atoms with van der Waals surface area (Å²) < 4.78 is 16.6. The van der Waals surface area contributed by atoms with Gasteiger partial charge in [-0.1, -0.05) is 12.1 Å². The molecular weight excluding hydrogens is 377 g/mol. The van der Waals surface area contributed by atoms with Gasteiger partial charge in [-0.15, -0.1) is 0 Å². The molecule has 2 N–H and O–H groups in total. The molecule has 0 bridgehead atoms. The van der Waals surface area contributed by atoms with Crippen LogP contribution in [0.25, 0.3) is 16.7 Å². The van der Waals surface area contributed by atoms with Crippen LogP contribution in [-0.4, -0.2) is 35.3 Å². The Morgan fingerprint density at radius 1 is 1.24 bits per heavy atom. The maximum absolute atomic E-state index is 14.1. The van der Waals surface area contributed by atoms with Gasteiger partial charge in [0.2, 0.25) is 5.95 Å². The van der Waals surface area contributed by atoms with Crippen LogP contribution in [0.2, 0.25) is 0 Å². The zero-order chi connectivity index (χ0) is 20.5. The average molecular weight is 395 g/mol. The van der Waals surface area contributed by atoms with Crippen LogP contribution in [0, 0.1) is 12.7 Å². The fourth-order valence-corrected chi connectivity index (χ4v) is 3.04. The highest BCUT2D eigenvalue weighted by atomic mass is 19.1. The normalized spacial score (nSPS) is 12.2. The summed E-state index contributed by atoms with van der Waals surface area (Å²) in [7, 11) is 0. The predicted octanol–water partition coefficient (Wildman–Crippen LogP) is 1.61. The number of halogens is 1. The second kappa shape index (κ2) is 7.30. The monoisotopic (exact) mass is 395 g/mol. The minimum Gasteiger partial charge on any atom is -0.350 e. The molecule has 0 fully saturated rings. The molecule has 0 radical (unpaired) electrons. The van der Waals surface area contributed by atoms with Crippen LogP contribution >= 0.6 is 0 Å². The molecule has 0 aliphatic heterocycles. The van der Waals surface area contributed by atoms with Crippen molar-refractivity contribution < 1.29 is 4.39 Å². The van der Waals surface area contributed by atoms with Gasteiger partial charge in [0.25, 0.3) is 5.56 Å². The lowest BCUT2D eigenvalue weighted by atomic mass is 10.3. The van der Waals surface area contributed by atoms with E-state index in [4.69, 9.17) is 0 Å². The van der Waals surface area contributed by atoms with Crippen molar-refractivity contribution in [3.05, 3.63) is 75.1 Å². The molecule has 0 aliphatic rings. The van der Waals surface area contributed by atoms with Crippen molar-refractivity contribution in [2.24, 2.45) is 0 Å². The molecule has 0 spiro atoms. The summed E-state index contributed by atoms with van der Waals surface area (Å²) in [5, 5.41) is 7.51. The molecule has 0 saturated heterocycles. The van der Waals surface area contributed by atoms with Crippen LogP contribution in [0.4, 0.5) is 10.3 Å². The fourth-order valence-electron chi connectivity index (χ4n) is 3.04. The molecule has 4 aromatic rings. The molecule has 0 unspecified atom stereocenters. The van der Waals surface area contributed by atoms with Crippen molar-refractivity contribution in [1.29, 1.82) is 0 Å². The van der Waals surface area contributed by atoms with Crippen LogP contribution < -0.4 is 16.6 Å². The minimum absolute atomic E-state index is 0.0581. The standard InChI is InChI=1S/C19H18FN7O2/c1-11-7-8-26(25-11)10-12(2)22-18-21-9-13-16(23-18)24-19(29)27(17(13)28)15-6-4-3-5-14(15)20/h3-9,12H,10H2,1-2H3,(H2,21,22,23,24,29)/t12-/m1/s1. The van der Waals surface area contributed by atoms with E-state index in [1.807, 2.05) is 26.1 Å². The van der Waals surface area contributed by atoms with Gasteiger partial charge in [-0.2, -0.15) is 10.1 Å². The lowest BCUT2D eigenvalue weighted by molar-refractivity contribution is 0.555. The summed E-state index contributed by atoms with van der Waals surface area (Å²) in [6.07, 6.45) is 3.18. The molecule has 29 heavy (non-hydrogen) atoms. The maximum Gasteiger partial charge on any atom is 0.334 e. The van der Waals surface area contributed by atoms with Crippen molar-refractivity contribution in [3.63, 3.8) is 0 Å². The van der Waals surface area contributed by atoms with Crippen molar-refractivity contribution in [2.75, 3.05) is 5.32 Å². The van der Waals surface area contributed by atoms with Gasteiger partial charge in [-0.3, -0.25) is 14.5 Å². The molecule has 0 amide bonds. The number of nitrogens with one attached hydrogen (secondary N) is 2. The van der Waals surface area contributed by atoms with E-state index in [9.17, 15) is 14.0 Å². The predicted molar refractivity (Wildman–Crippen MR) is 106 cm³/mol. The first-order chi connectivity index (χ1) is 13.9. The van der Waals surface area contributed by atoms with E-state index < -0.39 is 17.1 Å². The third kappa shape index (κ3) is 3.64. The van der Waals surface area contributed by atoms with Crippen LogP contribution in [-0.2, 0) is 6.54 Å². The Morgan fingerprint density at radius 2 is 2.03 bits per heavy atom. The third-order valence-electron chi connectivity index (χ3n) is 4.35.